The van der Waals surface area contributed by atoms with E-state index in [9.17, 15) is 19.7 Å². The minimum absolute atomic E-state index is 0.0282. The molecule has 0 aliphatic heterocycles. The van der Waals surface area contributed by atoms with Crippen LogP contribution in [0, 0.1) is 17.0 Å². The fourth-order valence-corrected chi connectivity index (χ4v) is 4.24. The largest absolute Gasteiger partial charge is 0.462 e. The normalized spacial score (nSPS) is 11.3. The molecule has 3 heterocycles. The number of benzene rings is 1. The number of non-ortho nitro benzene ring substituents is 1. The molecule has 4 rings (SSSR count). The number of carbonyl (C=O) groups is 1. The summed E-state index contributed by atoms with van der Waals surface area (Å²) >= 11 is 1.11. The lowest BCUT2D eigenvalue weighted by Gasteiger charge is -1.98. The minimum Gasteiger partial charge on any atom is -0.462 e. The van der Waals surface area contributed by atoms with Crippen LogP contribution in [0.4, 0.5) is 5.69 Å². The van der Waals surface area contributed by atoms with E-state index < -0.39 is 10.9 Å². The van der Waals surface area contributed by atoms with Crippen LogP contribution in [-0.4, -0.2) is 27.5 Å². The topological polar surface area (TPSA) is 128 Å². The van der Waals surface area contributed by atoms with Gasteiger partial charge in [-0.15, -0.1) is 11.3 Å². The summed E-state index contributed by atoms with van der Waals surface area (Å²) < 4.78 is 10.8. The molecule has 1 aromatic carbocycles. The molecule has 0 fully saturated rings. The fraction of sp³-hybridized carbons (Fsp3) is 0.136. The lowest BCUT2D eigenvalue weighted by Crippen LogP contribution is -2.10. The summed E-state index contributed by atoms with van der Waals surface area (Å²) in [5.74, 6) is 0.767. The van der Waals surface area contributed by atoms with Crippen molar-refractivity contribution in [3.63, 3.8) is 0 Å². The van der Waals surface area contributed by atoms with Gasteiger partial charge in [0.15, 0.2) is 0 Å². The van der Waals surface area contributed by atoms with Crippen molar-refractivity contribution in [3.8, 4) is 11.3 Å². The first-order chi connectivity index (χ1) is 15.4. The van der Waals surface area contributed by atoms with Gasteiger partial charge in [0.2, 0.25) is 0 Å². The van der Waals surface area contributed by atoms with Crippen LogP contribution < -0.4 is 5.56 Å². The number of ether oxygens (including phenoxy) is 1. The van der Waals surface area contributed by atoms with Crippen molar-refractivity contribution in [2.45, 2.75) is 13.8 Å². The quantitative estimate of drug-likeness (QED) is 0.253. The van der Waals surface area contributed by atoms with Gasteiger partial charge in [0.25, 0.3) is 11.2 Å². The standard InChI is InChI=1S/C22H17N3O6S/c1-3-30-22(27)19-12(2)18-20(26)23-17(24-21(18)32-19)10-8-15-7-9-16(31-15)13-5-4-6-14(11-13)25(28)29/h4-11H,3H2,1-2H3,(H,23,24,26). The number of thiophene rings is 1. The van der Waals surface area contributed by atoms with Gasteiger partial charge in [-0.3, -0.25) is 14.9 Å². The van der Waals surface area contributed by atoms with E-state index in [1.165, 1.54) is 12.1 Å². The number of H-pyrrole nitrogens is 1. The van der Waals surface area contributed by atoms with Crippen molar-refractivity contribution < 1.29 is 18.9 Å². The molecule has 9 nitrogen and oxygen atoms in total. The van der Waals surface area contributed by atoms with Gasteiger partial charge in [0.05, 0.1) is 16.9 Å². The molecule has 0 spiro atoms. The number of nitro benzene ring substituents is 1. The number of nitrogens with one attached hydrogen (secondary N) is 1. The van der Waals surface area contributed by atoms with Gasteiger partial charge in [-0.2, -0.15) is 0 Å². The molecule has 1 N–H and O–H groups in total. The maximum Gasteiger partial charge on any atom is 0.348 e. The minimum atomic E-state index is -0.478. The molecule has 0 atom stereocenters. The highest BCUT2D eigenvalue weighted by atomic mass is 32.1. The maximum atomic E-state index is 12.5. The number of nitro groups is 1. The lowest BCUT2D eigenvalue weighted by molar-refractivity contribution is -0.384. The molecule has 3 aromatic heterocycles. The zero-order chi connectivity index (χ0) is 22.8. The number of aromatic nitrogens is 2. The van der Waals surface area contributed by atoms with E-state index in [0.717, 1.165) is 11.3 Å². The molecule has 10 heteroatoms. The smallest absolute Gasteiger partial charge is 0.348 e. The summed E-state index contributed by atoms with van der Waals surface area (Å²) in [7, 11) is 0. The number of rotatable bonds is 6. The van der Waals surface area contributed by atoms with E-state index in [0.29, 0.717) is 43.6 Å². The second kappa shape index (κ2) is 8.60. The number of nitrogens with zero attached hydrogens (tertiary/aromatic N) is 2. The Labute approximate surface area is 185 Å². The number of furan rings is 1. The van der Waals surface area contributed by atoms with Crippen LogP contribution >= 0.6 is 11.3 Å². The Morgan fingerprint density at radius 2 is 2.12 bits per heavy atom. The van der Waals surface area contributed by atoms with Crippen molar-refractivity contribution in [1.82, 2.24) is 9.97 Å². The van der Waals surface area contributed by atoms with Crippen molar-refractivity contribution in [1.29, 1.82) is 0 Å². The molecule has 32 heavy (non-hydrogen) atoms. The third-order valence-electron chi connectivity index (χ3n) is 4.65. The first-order valence-corrected chi connectivity index (χ1v) is 10.4. The lowest BCUT2D eigenvalue weighted by atomic mass is 10.1. The summed E-state index contributed by atoms with van der Waals surface area (Å²) in [5, 5.41) is 11.3. The van der Waals surface area contributed by atoms with Crippen LogP contribution in [0.1, 0.15) is 33.7 Å². The molecule has 0 aliphatic carbocycles. The summed E-state index contributed by atoms with van der Waals surface area (Å²) in [5.41, 5.74) is 0.739. The van der Waals surface area contributed by atoms with Crippen LogP contribution in [0.3, 0.4) is 0 Å². The van der Waals surface area contributed by atoms with Crippen molar-refractivity contribution in [3.05, 3.63) is 78.9 Å². The molecular formula is C22H17N3O6S. The third-order valence-corrected chi connectivity index (χ3v) is 5.82. The highest BCUT2D eigenvalue weighted by molar-refractivity contribution is 7.20. The number of hydrogen-bond donors (Lipinski definition) is 1. The average Bonchev–Trinajstić information content (AvgIpc) is 3.37. The van der Waals surface area contributed by atoms with Gasteiger partial charge in [-0.25, -0.2) is 9.78 Å². The zero-order valence-corrected chi connectivity index (χ0v) is 17.9. The molecule has 0 radical (unpaired) electrons. The number of carbonyl (C=O) groups excluding carboxylic acids is 1. The Hall–Kier alpha value is -4.05. The molecule has 0 aliphatic rings. The van der Waals surface area contributed by atoms with Gasteiger partial charge in [-0.05, 0) is 43.7 Å². The Morgan fingerprint density at radius 1 is 1.31 bits per heavy atom. The Morgan fingerprint density at radius 3 is 2.88 bits per heavy atom. The number of fused-ring (bicyclic) bond motifs is 1. The summed E-state index contributed by atoms with van der Waals surface area (Å²) in [6.07, 6.45) is 3.20. The number of esters is 1. The SMILES string of the molecule is CCOC(=O)c1sc2nc(C=Cc3ccc(-c4cccc([N+](=O)[O-])c4)o3)[nH]c(=O)c2c1C. The van der Waals surface area contributed by atoms with Crippen LogP contribution in [0.25, 0.3) is 33.7 Å². The van der Waals surface area contributed by atoms with Crippen molar-refractivity contribution >= 4 is 45.4 Å². The monoisotopic (exact) mass is 451 g/mol. The Kier molecular flexibility index (Phi) is 5.69. The molecule has 4 aromatic rings. The summed E-state index contributed by atoms with van der Waals surface area (Å²) in [6.45, 7) is 3.65. The first-order valence-electron chi connectivity index (χ1n) is 9.60. The second-order valence-electron chi connectivity index (χ2n) is 6.75. The highest BCUT2D eigenvalue weighted by Crippen LogP contribution is 2.28. The van der Waals surface area contributed by atoms with Crippen LogP contribution in [0.5, 0.6) is 0 Å². The zero-order valence-electron chi connectivity index (χ0n) is 17.1. The van der Waals surface area contributed by atoms with Crippen LogP contribution in [0.2, 0.25) is 0 Å². The maximum absolute atomic E-state index is 12.5. The van der Waals surface area contributed by atoms with Gasteiger partial charge >= 0.3 is 5.97 Å². The number of hydrogen-bond acceptors (Lipinski definition) is 8. The van der Waals surface area contributed by atoms with Crippen molar-refractivity contribution in [2.75, 3.05) is 6.61 Å². The molecule has 0 unspecified atom stereocenters. The molecular weight excluding hydrogens is 434 g/mol. The molecule has 0 amide bonds. The van der Waals surface area contributed by atoms with Gasteiger partial charge in [-0.1, -0.05) is 12.1 Å². The van der Waals surface area contributed by atoms with Gasteiger partial charge in [0, 0.05) is 17.7 Å². The van der Waals surface area contributed by atoms with Gasteiger partial charge < -0.3 is 14.1 Å². The second-order valence-corrected chi connectivity index (χ2v) is 7.75. The van der Waals surface area contributed by atoms with E-state index in [-0.39, 0.29) is 17.9 Å². The third kappa shape index (κ3) is 4.08. The Bertz CT molecular complexity index is 1430. The predicted octanol–water partition coefficient (Wildman–Crippen LogP) is 4.81. The predicted molar refractivity (Wildman–Crippen MR) is 121 cm³/mol. The van der Waals surface area contributed by atoms with Crippen LogP contribution in [-0.2, 0) is 4.74 Å². The van der Waals surface area contributed by atoms with E-state index in [2.05, 4.69) is 9.97 Å². The summed E-state index contributed by atoms with van der Waals surface area (Å²) in [4.78, 5) is 43.1. The number of aryl methyl sites for hydroxylation is 1. The van der Waals surface area contributed by atoms with E-state index >= 15 is 0 Å². The first kappa shape index (κ1) is 21.2. The molecule has 162 valence electrons. The highest BCUT2D eigenvalue weighted by Gasteiger charge is 2.20. The molecule has 0 saturated carbocycles. The van der Waals surface area contributed by atoms with Crippen LogP contribution in [0.15, 0.2) is 45.6 Å². The van der Waals surface area contributed by atoms with Gasteiger partial charge in [0.1, 0.15) is 27.1 Å². The van der Waals surface area contributed by atoms with E-state index in [4.69, 9.17) is 9.15 Å². The van der Waals surface area contributed by atoms with Crippen molar-refractivity contribution in [2.24, 2.45) is 0 Å². The molecule has 0 bridgehead atoms. The summed E-state index contributed by atoms with van der Waals surface area (Å²) in [6, 6.07) is 9.54. The average molecular weight is 451 g/mol. The van der Waals surface area contributed by atoms with E-state index in [1.807, 2.05) is 0 Å². The van der Waals surface area contributed by atoms with E-state index in [1.54, 1.807) is 50.3 Å². The Balaban J connectivity index is 1.62. The number of aromatic amines is 1. The molecule has 0 saturated heterocycles. The fourth-order valence-electron chi connectivity index (χ4n) is 3.16.